The summed E-state index contributed by atoms with van der Waals surface area (Å²) in [5.41, 5.74) is 2.71. The third-order valence-corrected chi connectivity index (χ3v) is 11.7. The molecule has 0 spiro atoms. The van der Waals surface area contributed by atoms with Crippen LogP contribution in [0.15, 0.2) is 42.5 Å². The van der Waals surface area contributed by atoms with Gasteiger partial charge < -0.3 is 19.5 Å². The number of carbonyl (C=O) groups excluding carboxylic acids is 3. The van der Waals surface area contributed by atoms with Crippen LogP contribution in [-0.2, 0) is 32.8 Å². The van der Waals surface area contributed by atoms with Gasteiger partial charge in [0.1, 0.15) is 29.2 Å². The maximum atomic E-state index is 15.5. The van der Waals surface area contributed by atoms with Gasteiger partial charge in [-0.05, 0) is 87.1 Å². The number of amides is 3. The molecule has 9 rings (SSSR count). The van der Waals surface area contributed by atoms with Crippen LogP contribution in [-0.4, -0.2) is 82.2 Å². The van der Waals surface area contributed by atoms with Crippen molar-refractivity contribution in [3.05, 3.63) is 70.7 Å². The molecule has 2 N–H and O–H groups in total. The number of ether oxygens (including phenoxy) is 2. The van der Waals surface area contributed by atoms with E-state index < -0.39 is 17.6 Å². The molecule has 3 amide bonds. The van der Waals surface area contributed by atoms with E-state index in [2.05, 4.69) is 10.2 Å². The summed E-state index contributed by atoms with van der Waals surface area (Å²) in [7, 11) is 1.67. The Morgan fingerprint density at radius 3 is 2.60 bits per heavy atom. The van der Waals surface area contributed by atoms with Gasteiger partial charge in [0.15, 0.2) is 0 Å². The quantitative estimate of drug-likeness (QED) is 0.334. The zero-order valence-electron chi connectivity index (χ0n) is 27.6. The van der Waals surface area contributed by atoms with Gasteiger partial charge in [0.2, 0.25) is 11.8 Å². The summed E-state index contributed by atoms with van der Waals surface area (Å²) in [5.74, 6) is -0.577. The SMILES string of the molecule is COC[C@@H]1CN(Cc2cc(F)c3nc(C45CC(C(C)(C)O)(C4)C5)ccc3c2)C[C@H]1Oc1ccc2c(c1)CN([C@H]1CCC(=O)NC1=O)C2=O. The lowest BCUT2D eigenvalue weighted by Crippen LogP contribution is -2.72. The lowest BCUT2D eigenvalue weighted by molar-refractivity contribution is -0.247. The second kappa shape index (κ2) is 11.0. The second-order valence-electron chi connectivity index (χ2n) is 15.3. The highest BCUT2D eigenvalue weighted by atomic mass is 19.1. The zero-order valence-corrected chi connectivity index (χ0v) is 27.6. The van der Waals surface area contributed by atoms with Gasteiger partial charge >= 0.3 is 0 Å². The molecule has 5 fully saturated rings. The van der Waals surface area contributed by atoms with Crippen LogP contribution in [0.5, 0.6) is 5.75 Å². The summed E-state index contributed by atoms with van der Waals surface area (Å²) in [6, 6.07) is 12.3. The van der Waals surface area contributed by atoms with Crippen LogP contribution in [0.2, 0.25) is 0 Å². The first-order valence-electron chi connectivity index (χ1n) is 16.8. The molecule has 4 heterocycles. The Kier molecular flexibility index (Phi) is 7.21. The van der Waals surface area contributed by atoms with Crippen molar-refractivity contribution in [3.8, 4) is 5.75 Å². The molecule has 6 aliphatic rings. The van der Waals surface area contributed by atoms with Crippen LogP contribution in [0.25, 0.3) is 10.9 Å². The minimum Gasteiger partial charge on any atom is -0.489 e. The topological polar surface area (TPSA) is 121 Å². The van der Waals surface area contributed by atoms with Gasteiger partial charge in [-0.25, -0.2) is 9.37 Å². The van der Waals surface area contributed by atoms with Crippen molar-refractivity contribution in [1.82, 2.24) is 20.1 Å². The Morgan fingerprint density at radius 1 is 1.08 bits per heavy atom. The van der Waals surface area contributed by atoms with Crippen LogP contribution >= 0.6 is 0 Å². The van der Waals surface area contributed by atoms with E-state index in [9.17, 15) is 19.5 Å². The fourth-order valence-corrected chi connectivity index (χ4v) is 8.97. The predicted molar refractivity (Wildman–Crippen MR) is 174 cm³/mol. The third kappa shape index (κ3) is 5.01. The highest BCUT2D eigenvalue weighted by Crippen LogP contribution is 2.76. The fraction of sp³-hybridized carbons (Fsp3) is 0.514. The minimum absolute atomic E-state index is 0.0392. The Balaban J connectivity index is 0.939. The molecule has 3 saturated carbocycles. The predicted octanol–water partition coefficient (Wildman–Crippen LogP) is 3.85. The number of hydrogen-bond donors (Lipinski definition) is 2. The van der Waals surface area contributed by atoms with Crippen molar-refractivity contribution < 1.29 is 33.4 Å². The minimum atomic E-state index is -0.712. The first-order valence-corrected chi connectivity index (χ1v) is 16.8. The number of methoxy groups -OCH3 is 1. The third-order valence-electron chi connectivity index (χ3n) is 11.7. The molecular formula is C37H41FN4O6. The highest BCUT2D eigenvalue weighted by molar-refractivity contribution is 6.05. The number of aliphatic hydroxyl groups is 1. The number of rotatable bonds is 9. The Hall–Kier alpha value is -3.93. The standard InChI is InChI=1S/C37H41FN4O6/c1-35(2,46)37-18-36(19-37,20-37)30-8-4-22-10-21(11-27(38)32(22)39-30)13-41-14-24(17-47-3)29(16-41)48-25-5-6-26-23(12-25)15-42(34(26)45)28-7-9-31(43)40-33(28)44/h4-6,8,10-12,24,28-29,46H,7,9,13-20H2,1-3H3,(H,40,43,44)/t24-,28-,29+,36?,37?/m0/s1. The second-order valence-corrected chi connectivity index (χ2v) is 15.3. The highest BCUT2D eigenvalue weighted by Gasteiger charge is 2.73. The van der Waals surface area contributed by atoms with E-state index in [0.717, 1.165) is 41.5 Å². The van der Waals surface area contributed by atoms with Gasteiger partial charge in [-0.15, -0.1) is 0 Å². The Morgan fingerprint density at radius 2 is 1.88 bits per heavy atom. The molecule has 252 valence electrons. The van der Waals surface area contributed by atoms with Crippen LogP contribution in [0.4, 0.5) is 4.39 Å². The molecule has 0 unspecified atom stereocenters. The van der Waals surface area contributed by atoms with Crippen molar-refractivity contribution in [2.45, 2.75) is 82.2 Å². The van der Waals surface area contributed by atoms with Gasteiger partial charge in [0.05, 0.1) is 12.2 Å². The molecule has 3 aromatic rings. The first-order chi connectivity index (χ1) is 22.9. The number of likely N-dealkylation sites (tertiary alicyclic amines) is 1. The largest absolute Gasteiger partial charge is 0.489 e. The molecule has 3 atom stereocenters. The fourth-order valence-electron chi connectivity index (χ4n) is 8.97. The molecule has 2 aromatic carbocycles. The summed E-state index contributed by atoms with van der Waals surface area (Å²) in [6.07, 6.45) is 3.03. The monoisotopic (exact) mass is 656 g/mol. The number of hydrogen-bond acceptors (Lipinski definition) is 8. The van der Waals surface area contributed by atoms with E-state index in [1.807, 2.05) is 38.1 Å². The number of piperidine rings is 1. The summed E-state index contributed by atoms with van der Waals surface area (Å²) in [6.45, 7) is 6.43. The van der Waals surface area contributed by atoms with Crippen molar-refractivity contribution in [2.75, 3.05) is 26.8 Å². The Bertz CT molecular complexity index is 1840. The van der Waals surface area contributed by atoms with Crippen molar-refractivity contribution in [3.63, 3.8) is 0 Å². The summed E-state index contributed by atoms with van der Waals surface area (Å²) < 4.78 is 27.6. The van der Waals surface area contributed by atoms with Crippen molar-refractivity contribution in [1.29, 1.82) is 0 Å². The summed E-state index contributed by atoms with van der Waals surface area (Å²) >= 11 is 0. The number of fused-ring (bicyclic) bond motifs is 2. The van der Waals surface area contributed by atoms with E-state index in [1.165, 1.54) is 4.90 Å². The molecule has 11 heteroatoms. The van der Waals surface area contributed by atoms with Crippen LogP contribution in [0.1, 0.15) is 73.1 Å². The van der Waals surface area contributed by atoms with Crippen LogP contribution < -0.4 is 10.1 Å². The average molecular weight is 657 g/mol. The summed E-state index contributed by atoms with van der Waals surface area (Å²) in [5, 5.41) is 13.7. The molecule has 48 heavy (non-hydrogen) atoms. The molecule has 1 aromatic heterocycles. The number of nitrogens with one attached hydrogen (secondary N) is 1. The molecular weight excluding hydrogens is 615 g/mol. The maximum Gasteiger partial charge on any atom is 0.255 e. The lowest BCUT2D eigenvalue weighted by atomic mass is 9.30. The molecule has 3 aliphatic carbocycles. The van der Waals surface area contributed by atoms with E-state index >= 15 is 4.39 Å². The zero-order chi connectivity index (χ0) is 33.6. The molecule has 3 aliphatic heterocycles. The maximum absolute atomic E-state index is 15.5. The van der Waals surface area contributed by atoms with Gasteiger partial charge in [0.25, 0.3) is 5.91 Å². The van der Waals surface area contributed by atoms with Crippen LogP contribution in [0, 0.1) is 17.2 Å². The van der Waals surface area contributed by atoms with E-state index in [1.54, 1.807) is 25.3 Å². The molecule has 10 nitrogen and oxygen atoms in total. The number of aromatic nitrogens is 1. The number of imide groups is 1. The number of pyridine rings is 1. The van der Waals surface area contributed by atoms with E-state index in [4.69, 9.17) is 14.5 Å². The first kappa shape index (κ1) is 31.3. The summed E-state index contributed by atoms with van der Waals surface area (Å²) in [4.78, 5) is 45.7. The van der Waals surface area contributed by atoms with Crippen molar-refractivity contribution in [2.24, 2.45) is 11.3 Å². The van der Waals surface area contributed by atoms with Gasteiger partial charge in [-0.2, -0.15) is 0 Å². The number of nitrogens with zero attached hydrogens (tertiary/aromatic N) is 3. The average Bonchev–Trinajstić information content (AvgIpc) is 3.50. The van der Waals surface area contributed by atoms with Gasteiger partial charge in [0, 0.05) is 73.1 Å². The number of halogens is 1. The van der Waals surface area contributed by atoms with Gasteiger partial charge in [-0.1, -0.05) is 6.07 Å². The number of carbonyl (C=O) groups is 3. The van der Waals surface area contributed by atoms with E-state index in [-0.39, 0.29) is 53.4 Å². The molecule has 2 saturated heterocycles. The molecule has 0 radical (unpaired) electrons. The van der Waals surface area contributed by atoms with E-state index in [0.29, 0.717) is 49.5 Å². The van der Waals surface area contributed by atoms with Crippen molar-refractivity contribution >= 4 is 28.6 Å². The lowest BCUT2D eigenvalue weighted by Gasteiger charge is -2.74. The smallest absolute Gasteiger partial charge is 0.255 e. The normalized spacial score (nSPS) is 29.9. The van der Waals surface area contributed by atoms with Gasteiger partial charge in [-0.3, -0.25) is 24.6 Å². The Labute approximate surface area is 278 Å². The number of benzene rings is 2. The van der Waals surface area contributed by atoms with Crippen LogP contribution in [0.3, 0.4) is 0 Å². The molecule has 2 bridgehead atoms.